The van der Waals surface area contributed by atoms with Gasteiger partial charge in [-0.25, -0.2) is 0 Å². The van der Waals surface area contributed by atoms with Crippen LogP contribution in [0.15, 0.2) is 24.3 Å². The molecule has 3 heteroatoms. The summed E-state index contributed by atoms with van der Waals surface area (Å²) in [4.78, 5) is 0. The Morgan fingerprint density at radius 3 is 2.33 bits per heavy atom. The van der Waals surface area contributed by atoms with Crippen LogP contribution in [0.1, 0.15) is 38.7 Å². The second-order valence-corrected chi connectivity index (χ2v) is 5.15. The maximum atomic E-state index is 5.71. The Balaban J connectivity index is 1.79. The molecule has 1 aliphatic rings. The fourth-order valence-electron chi connectivity index (χ4n) is 2.00. The van der Waals surface area contributed by atoms with Gasteiger partial charge >= 0.3 is 0 Å². The van der Waals surface area contributed by atoms with Gasteiger partial charge in [-0.15, -0.1) is 0 Å². The van der Waals surface area contributed by atoms with Crippen molar-refractivity contribution in [3.63, 3.8) is 0 Å². The third-order valence-corrected chi connectivity index (χ3v) is 3.27. The van der Waals surface area contributed by atoms with E-state index in [2.05, 4.69) is 26.0 Å². The van der Waals surface area contributed by atoms with Crippen molar-refractivity contribution in [2.75, 3.05) is 19.8 Å². The van der Waals surface area contributed by atoms with E-state index >= 15 is 0 Å². The van der Waals surface area contributed by atoms with Gasteiger partial charge in [-0.3, -0.25) is 0 Å². The third-order valence-electron chi connectivity index (χ3n) is 3.27. The maximum Gasteiger partial charge on any atom is 0.168 e. The Labute approximate surface area is 109 Å². The molecule has 18 heavy (non-hydrogen) atoms. The molecule has 0 aromatic heterocycles. The first-order valence-electron chi connectivity index (χ1n) is 6.60. The van der Waals surface area contributed by atoms with E-state index in [-0.39, 0.29) is 0 Å². The SMILES string of the molecule is CC(C)c1ccc(OCCC2(C)OCCO2)cc1. The normalized spacial score (nSPS) is 18.2. The van der Waals surface area contributed by atoms with Crippen molar-refractivity contribution in [1.29, 1.82) is 0 Å². The Bertz CT molecular complexity index is 364. The quantitative estimate of drug-likeness (QED) is 0.802. The average molecular weight is 250 g/mol. The molecule has 1 aliphatic heterocycles. The topological polar surface area (TPSA) is 27.7 Å². The van der Waals surface area contributed by atoms with Gasteiger partial charge in [0.2, 0.25) is 0 Å². The zero-order valence-electron chi connectivity index (χ0n) is 11.4. The third kappa shape index (κ3) is 3.47. The van der Waals surface area contributed by atoms with E-state index in [1.54, 1.807) is 0 Å². The van der Waals surface area contributed by atoms with Gasteiger partial charge < -0.3 is 14.2 Å². The summed E-state index contributed by atoms with van der Waals surface area (Å²) in [6.07, 6.45) is 0.749. The fourth-order valence-corrected chi connectivity index (χ4v) is 2.00. The van der Waals surface area contributed by atoms with Crippen LogP contribution in [-0.2, 0) is 9.47 Å². The van der Waals surface area contributed by atoms with E-state index in [1.165, 1.54) is 5.56 Å². The highest BCUT2D eigenvalue weighted by Gasteiger charge is 2.30. The highest BCUT2D eigenvalue weighted by atomic mass is 16.7. The van der Waals surface area contributed by atoms with Gasteiger partial charge in [-0.2, -0.15) is 0 Å². The van der Waals surface area contributed by atoms with E-state index < -0.39 is 5.79 Å². The van der Waals surface area contributed by atoms with Crippen LogP contribution in [-0.4, -0.2) is 25.6 Å². The summed E-state index contributed by atoms with van der Waals surface area (Å²) in [5.74, 6) is 0.997. The molecule has 0 saturated carbocycles. The Morgan fingerprint density at radius 1 is 1.17 bits per heavy atom. The minimum atomic E-state index is -0.460. The van der Waals surface area contributed by atoms with Crippen LogP contribution in [0.4, 0.5) is 0 Å². The molecule has 0 amide bonds. The van der Waals surface area contributed by atoms with Crippen LogP contribution < -0.4 is 4.74 Å². The van der Waals surface area contributed by atoms with Crippen LogP contribution >= 0.6 is 0 Å². The highest BCUT2D eigenvalue weighted by molar-refractivity contribution is 5.28. The second kappa shape index (κ2) is 5.72. The molecule has 0 aliphatic carbocycles. The van der Waals surface area contributed by atoms with Gasteiger partial charge in [-0.05, 0) is 30.5 Å². The lowest BCUT2D eigenvalue weighted by atomic mass is 10.0. The fraction of sp³-hybridized carbons (Fsp3) is 0.600. The van der Waals surface area contributed by atoms with Crippen LogP contribution in [0.2, 0.25) is 0 Å². The zero-order valence-corrected chi connectivity index (χ0v) is 11.4. The Morgan fingerprint density at radius 2 is 1.78 bits per heavy atom. The molecule has 0 spiro atoms. The van der Waals surface area contributed by atoms with Gasteiger partial charge in [0.15, 0.2) is 5.79 Å². The zero-order chi connectivity index (χ0) is 13.0. The maximum absolute atomic E-state index is 5.71. The molecule has 0 N–H and O–H groups in total. The Hall–Kier alpha value is -1.06. The minimum absolute atomic E-state index is 0.460. The molecule has 0 radical (unpaired) electrons. The second-order valence-electron chi connectivity index (χ2n) is 5.15. The standard InChI is InChI=1S/C15H22O3/c1-12(2)13-4-6-14(7-5-13)16-9-8-15(3)17-10-11-18-15/h4-7,12H,8-11H2,1-3H3. The number of benzene rings is 1. The van der Waals surface area contributed by atoms with E-state index in [9.17, 15) is 0 Å². The predicted molar refractivity (Wildman–Crippen MR) is 71.0 cm³/mol. The van der Waals surface area contributed by atoms with Gasteiger partial charge in [0.25, 0.3) is 0 Å². The molecule has 1 saturated heterocycles. The van der Waals surface area contributed by atoms with E-state index in [4.69, 9.17) is 14.2 Å². The molecule has 0 atom stereocenters. The molecule has 1 aromatic rings. The lowest BCUT2D eigenvalue weighted by Gasteiger charge is -2.22. The number of hydrogen-bond acceptors (Lipinski definition) is 3. The van der Waals surface area contributed by atoms with Crippen molar-refractivity contribution in [2.24, 2.45) is 0 Å². The molecule has 1 fully saturated rings. The number of hydrogen-bond donors (Lipinski definition) is 0. The summed E-state index contributed by atoms with van der Waals surface area (Å²) in [6.45, 7) is 8.30. The monoisotopic (exact) mass is 250 g/mol. The van der Waals surface area contributed by atoms with Crippen LogP contribution in [0.25, 0.3) is 0 Å². The summed E-state index contributed by atoms with van der Waals surface area (Å²) in [5, 5.41) is 0. The van der Waals surface area contributed by atoms with Gasteiger partial charge in [0.05, 0.1) is 19.8 Å². The molecule has 0 unspecified atom stereocenters. The van der Waals surface area contributed by atoms with Gasteiger partial charge in [-0.1, -0.05) is 26.0 Å². The molecule has 100 valence electrons. The summed E-state index contributed by atoms with van der Waals surface area (Å²) in [6, 6.07) is 8.27. The van der Waals surface area contributed by atoms with Gasteiger partial charge in [0.1, 0.15) is 5.75 Å². The average Bonchev–Trinajstić information content (AvgIpc) is 2.77. The predicted octanol–water partition coefficient (Wildman–Crippen LogP) is 3.34. The summed E-state index contributed by atoms with van der Waals surface area (Å²) in [5.41, 5.74) is 1.33. The first kappa shape index (κ1) is 13.4. The summed E-state index contributed by atoms with van der Waals surface area (Å²) >= 11 is 0. The first-order valence-corrected chi connectivity index (χ1v) is 6.60. The lowest BCUT2D eigenvalue weighted by Crippen LogP contribution is -2.27. The van der Waals surface area contributed by atoms with Crippen LogP contribution in [0, 0.1) is 0 Å². The lowest BCUT2D eigenvalue weighted by molar-refractivity contribution is -0.150. The smallest absolute Gasteiger partial charge is 0.168 e. The van der Waals surface area contributed by atoms with Crippen molar-refractivity contribution < 1.29 is 14.2 Å². The summed E-state index contributed by atoms with van der Waals surface area (Å²) in [7, 11) is 0. The van der Waals surface area contributed by atoms with Crippen molar-refractivity contribution in [1.82, 2.24) is 0 Å². The van der Waals surface area contributed by atoms with Crippen molar-refractivity contribution in [2.45, 2.75) is 38.9 Å². The molecule has 1 heterocycles. The minimum Gasteiger partial charge on any atom is -0.493 e. The number of rotatable bonds is 5. The summed E-state index contributed by atoms with van der Waals surface area (Å²) < 4.78 is 16.8. The largest absolute Gasteiger partial charge is 0.493 e. The molecule has 1 aromatic carbocycles. The van der Waals surface area contributed by atoms with Crippen molar-refractivity contribution >= 4 is 0 Å². The first-order chi connectivity index (χ1) is 8.59. The molecule has 2 rings (SSSR count). The van der Waals surface area contributed by atoms with Gasteiger partial charge in [0, 0.05) is 6.42 Å². The van der Waals surface area contributed by atoms with Crippen LogP contribution in [0.5, 0.6) is 5.75 Å². The molecular weight excluding hydrogens is 228 g/mol. The van der Waals surface area contributed by atoms with E-state index in [0.717, 1.165) is 12.2 Å². The highest BCUT2D eigenvalue weighted by Crippen LogP contribution is 2.23. The molecular formula is C15H22O3. The number of ether oxygens (including phenoxy) is 3. The van der Waals surface area contributed by atoms with Crippen molar-refractivity contribution in [3.8, 4) is 5.75 Å². The van der Waals surface area contributed by atoms with E-state index in [1.807, 2.05) is 19.1 Å². The van der Waals surface area contributed by atoms with Crippen LogP contribution in [0.3, 0.4) is 0 Å². The molecule has 3 nitrogen and oxygen atoms in total. The van der Waals surface area contributed by atoms with Crippen molar-refractivity contribution in [3.05, 3.63) is 29.8 Å². The Kier molecular flexibility index (Phi) is 4.25. The van der Waals surface area contributed by atoms with E-state index in [0.29, 0.717) is 25.7 Å². The molecule has 0 bridgehead atoms.